The average Bonchev–Trinajstić information content (AvgIpc) is 2.89. The molecule has 0 amide bonds. The Bertz CT molecular complexity index is 439. The van der Waals surface area contributed by atoms with Gasteiger partial charge >= 0.3 is 0 Å². The summed E-state index contributed by atoms with van der Waals surface area (Å²) < 4.78 is 5.93. The highest BCUT2D eigenvalue weighted by molar-refractivity contribution is 9.11. The number of rotatable bonds is 4. The molecule has 1 saturated heterocycles. The topological polar surface area (TPSA) is 55.6 Å². The van der Waals surface area contributed by atoms with Crippen LogP contribution >= 0.6 is 15.9 Å². The second-order valence-electron chi connectivity index (χ2n) is 4.65. The number of allylic oxidation sites excluding steroid dienone is 2. The minimum atomic E-state index is -0.858. The summed E-state index contributed by atoms with van der Waals surface area (Å²) in [6.07, 6.45) is 9.16. The molecule has 0 radical (unpaired) electrons. The number of hydrogen-bond donors (Lipinski definition) is 0. The first-order valence-electron chi connectivity index (χ1n) is 6.30. The third-order valence-electron chi connectivity index (χ3n) is 3.44. The molecule has 2 atom stereocenters. The van der Waals surface area contributed by atoms with Crippen molar-refractivity contribution < 1.29 is 9.66 Å². The van der Waals surface area contributed by atoms with E-state index in [-0.39, 0.29) is 4.92 Å². The third-order valence-corrected chi connectivity index (χ3v) is 4.16. The Balaban J connectivity index is 2.22. The van der Waals surface area contributed by atoms with Crippen LogP contribution < -0.4 is 0 Å². The predicted molar refractivity (Wildman–Crippen MR) is 76.6 cm³/mol. The van der Waals surface area contributed by atoms with Crippen molar-refractivity contribution in [3.8, 4) is 0 Å². The maximum Gasteiger partial charge on any atom is 0.268 e. The van der Waals surface area contributed by atoms with Gasteiger partial charge in [0.2, 0.25) is 0 Å². The van der Waals surface area contributed by atoms with Crippen molar-refractivity contribution in [2.75, 3.05) is 20.2 Å². The summed E-state index contributed by atoms with van der Waals surface area (Å²) in [5.74, 6) is 0. The smallest absolute Gasteiger partial charge is 0.268 e. The summed E-state index contributed by atoms with van der Waals surface area (Å²) >= 11 is 3.39. The summed E-state index contributed by atoms with van der Waals surface area (Å²) in [4.78, 5) is 13.2. The SMILES string of the molecule is COC1C=CC(Br)=C(/C=C/N2CCCC2)C1[N+](=O)[O-]. The lowest BCUT2D eigenvalue weighted by Crippen LogP contribution is -2.37. The Morgan fingerprint density at radius 2 is 2.21 bits per heavy atom. The first kappa shape index (κ1) is 14.3. The molecule has 1 aliphatic heterocycles. The van der Waals surface area contributed by atoms with Crippen molar-refractivity contribution in [3.63, 3.8) is 0 Å². The zero-order chi connectivity index (χ0) is 13.8. The maximum atomic E-state index is 11.3. The van der Waals surface area contributed by atoms with E-state index in [0.29, 0.717) is 5.57 Å². The summed E-state index contributed by atoms with van der Waals surface area (Å²) in [5, 5.41) is 11.3. The number of nitrogens with zero attached hydrogens (tertiary/aromatic N) is 2. The Hall–Kier alpha value is -1.14. The van der Waals surface area contributed by atoms with E-state index in [4.69, 9.17) is 4.74 Å². The first-order valence-corrected chi connectivity index (χ1v) is 7.09. The van der Waals surface area contributed by atoms with Crippen LogP contribution in [0.25, 0.3) is 0 Å². The van der Waals surface area contributed by atoms with E-state index in [1.807, 2.05) is 18.4 Å². The lowest BCUT2D eigenvalue weighted by Gasteiger charge is -2.22. The highest BCUT2D eigenvalue weighted by atomic mass is 79.9. The molecule has 0 spiro atoms. The van der Waals surface area contributed by atoms with E-state index >= 15 is 0 Å². The lowest BCUT2D eigenvalue weighted by molar-refractivity contribution is -0.521. The fourth-order valence-corrected chi connectivity index (χ4v) is 2.91. The van der Waals surface area contributed by atoms with Crippen LogP contribution in [-0.4, -0.2) is 42.2 Å². The van der Waals surface area contributed by atoms with Gasteiger partial charge in [0.25, 0.3) is 6.04 Å². The molecule has 0 aromatic rings. The first-order chi connectivity index (χ1) is 9.13. The molecule has 19 heavy (non-hydrogen) atoms. The van der Waals surface area contributed by atoms with Gasteiger partial charge < -0.3 is 9.64 Å². The Labute approximate surface area is 120 Å². The molecular weight excluding hydrogens is 312 g/mol. The van der Waals surface area contributed by atoms with Crippen molar-refractivity contribution in [2.45, 2.75) is 25.0 Å². The van der Waals surface area contributed by atoms with Crippen LogP contribution in [0.15, 0.2) is 34.5 Å². The van der Waals surface area contributed by atoms with Gasteiger partial charge in [0.05, 0.1) is 0 Å². The van der Waals surface area contributed by atoms with Gasteiger partial charge in [-0.3, -0.25) is 10.1 Å². The van der Waals surface area contributed by atoms with Crippen molar-refractivity contribution in [3.05, 3.63) is 44.6 Å². The lowest BCUT2D eigenvalue weighted by atomic mass is 9.96. The third kappa shape index (κ3) is 3.25. The highest BCUT2D eigenvalue weighted by Crippen LogP contribution is 2.28. The molecule has 0 saturated carbocycles. The molecule has 2 unspecified atom stereocenters. The molecular formula is C13H17BrN2O3. The standard InChI is InChI=1S/C13H17BrN2O3/c1-19-12-5-4-11(14)10(13(12)16(17)18)6-9-15-7-2-3-8-15/h4-6,9,12-13H,2-3,7-8H2,1H3/b9-6+. The van der Waals surface area contributed by atoms with Gasteiger partial charge in [-0.25, -0.2) is 0 Å². The second kappa shape index (κ2) is 6.34. The summed E-state index contributed by atoms with van der Waals surface area (Å²) in [5.41, 5.74) is 0.659. The monoisotopic (exact) mass is 328 g/mol. The van der Waals surface area contributed by atoms with Gasteiger partial charge in [-0.1, -0.05) is 15.9 Å². The van der Waals surface area contributed by atoms with Crippen molar-refractivity contribution in [1.82, 2.24) is 4.90 Å². The zero-order valence-electron chi connectivity index (χ0n) is 10.8. The minimum absolute atomic E-state index is 0.289. The van der Waals surface area contributed by atoms with Gasteiger partial charge in [-0.05, 0) is 37.3 Å². The van der Waals surface area contributed by atoms with Crippen LogP contribution in [0, 0.1) is 10.1 Å². The zero-order valence-corrected chi connectivity index (χ0v) is 12.4. The number of ether oxygens (including phenoxy) is 1. The quantitative estimate of drug-likeness (QED) is 0.587. The van der Waals surface area contributed by atoms with Crippen molar-refractivity contribution in [1.29, 1.82) is 0 Å². The Kier molecular flexibility index (Phi) is 4.76. The van der Waals surface area contributed by atoms with E-state index < -0.39 is 12.1 Å². The van der Waals surface area contributed by atoms with E-state index in [1.165, 1.54) is 20.0 Å². The van der Waals surface area contributed by atoms with E-state index in [1.54, 1.807) is 6.08 Å². The van der Waals surface area contributed by atoms with Crippen LogP contribution in [0.1, 0.15) is 12.8 Å². The van der Waals surface area contributed by atoms with Crippen LogP contribution in [0.3, 0.4) is 0 Å². The molecule has 0 N–H and O–H groups in total. The average molecular weight is 329 g/mol. The second-order valence-corrected chi connectivity index (χ2v) is 5.51. The van der Waals surface area contributed by atoms with Gasteiger partial charge in [0.1, 0.15) is 6.10 Å². The molecule has 5 nitrogen and oxygen atoms in total. The molecule has 6 heteroatoms. The van der Waals surface area contributed by atoms with Crippen LogP contribution in [-0.2, 0) is 4.74 Å². The van der Waals surface area contributed by atoms with Crippen LogP contribution in [0.5, 0.6) is 0 Å². The molecule has 1 aliphatic carbocycles. The summed E-state index contributed by atoms with van der Waals surface area (Å²) in [6.45, 7) is 2.04. The normalized spacial score (nSPS) is 27.6. The van der Waals surface area contributed by atoms with Gasteiger partial charge in [-0.2, -0.15) is 0 Å². The molecule has 0 aromatic carbocycles. The van der Waals surface area contributed by atoms with Crippen molar-refractivity contribution in [2.24, 2.45) is 0 Å². The molecule has 1 fully saturated rings. The number of nitro groups is 1. The number of hydrogen-bond acceptors (Lipinski definition) is 4. The van der Waals surface area contributed by atoms with E-state index in [0.717, 1.165) is 17.6 Å². The van der Waals surface area contributed by atoms with E-state index in [2.05, 4.69) is 20.8 Å². The minimum Gasteiger partial charge on any atom is -0.377 e. The van der Waals surface area contributed by atoms with Gasteiger partial charge in [-0.15, -0.1) is 0 Å². The summed E-state index contributed by atoms with van der Waals surface area (Å²) in [7, 11) is 1.49. The molecule has 0 aromatic heterocycles. The molecule has 0 bridgehead atoms. The molecule has 104 valence electrons. The predicted octanol–water partition coefficient (Wildman–Crippen LogP) is 2.48. The summed E-state index contributed by atoms with van der Waals surface area (Å²) in [6, 6.07) is -0.858. The molecule has 2 aliphatic rings. The number of likely N-dealkylation sites (tertiary alicyclic amines) is 1. The Morgan fingerprint density at radius 3 is 2.79 bits per heavy atom. The maximum absolute atomic E-state index is 11.3. The van der Waals surface area contributed by atoms with Crippen LogP contribution in [0.2, 0.25) is 0 Å². The highest BCUT2D eigenvalue weighted by Gasteiger charge is 2.36. The van der Waals surface area contributed by atoms with Gasteiger partial charge in [0, 0.05) is 35.2 Å². The molecule has 1 heterocycles. The van der Waals surface area contributed by atoms with Crippen LogP contribution in [0.4, 0.5) is 0 Å². The fourth-order valence-electron chi connectivity index (χ4n) is 2.39. The Morgan fingerprint density at radius 1 is 1.53 bits per heavy atom. The largest absolute Gasteiger partial charge is 0.377 e. The van der Waals surface area contributed by atoms with E-state index in [9.17, 15) is 10.1 Å². The van der Waals surface area contributed by atoms with Crippen molar-refractivity contribution >= 4 is 15.9 Å². The molecule has 2 rings (SSSR count). The number of halogens is 1. The number of methoxy groups -OCH3 is 1. The van der Waals surface area contributed by atoms with Gasteiger partial charge in [0.15, 0.2) is 0 Å². The fraction of sp³-hybridized carbons (Fsp3) is 0.538.